The Morgan fingerprint density at radius 3 is 2.68 bits per heavy atom. The van der Waals surface area contributed by atoms with Crippen LogP contribution in [0.25, 0.3) is 0 Å². The molecule has 0 radical (unpaired) electrons. The van der Waals surface area contributed by atoms with Crippen LogP contribution >= 0.6 is 0 Å². The van der Waals surface area contributed by atoms with Crippen LogP contribution in [0, 0.1) is 17.3 Å². The second kappa shape index (κ2) is 5.67. The van der Waals surface area contributed by atoms with E-state index in [0.29, 0.717) is 6.61 Å². The number of rotatable bonds is 3. The third-order valence-corrected chi connectivity index (χ3v) is 5.69. The van der Waals surface area contributed by atoms with E-state index in [1.807, 2.05) is 24.3 Å². The SMILES string of the molecule is CCOC(=O)[C@@H]1[C@H](O)c2ccccc2[C@@H]2[C@@H](CO)CC[C@@]12C. The van der Waals surface area contributed by atoms with E-state index in [0.717, 1.165) is 24.0 Å². The molecule has 120 valence electrons. The molecule has 1 aromatic carbocycles. The van der Waals surface area contributed by atoms with E-state index in [2.05, 4.69) is 6.92 Å². The van der Waals surface area contributed by atoms with E-state index < -0.39 is 12.0 Å². The second-order valence-electron chi connectivity index (χ2n) is 6.77. The van der Waals surface area contributed by atoms with E-state index in [1.54, 1.807) is 6.92 Å². The van der Waals surface area contributed by atoms with Gasteiger partial charge in [-0.05, 0) is 48.1 Å². The number of hydrogen-bond acceptors (Lipinski definition) is 4. The Kier molecular flexibility index (Phi) is 4.00. The minimum atomic E-state index is -0.839. The average molecular weight is 304 g/mol. The third kappa shape index (κ3) is 2.09. The fourth-order valence-electron chi connectivity index (χ4n) is 4.75. The second-order valence-corrected chi connectivity index (χ2v) is 6.77. The number of aliphatic hydroxyl groups excluding tert-OH is 2. The van der Waals surface area contributed by atoms with E-state index in [4.69, 9.17) is 4.74 Å². The van der Waals surface area contributed by atoms with Crippen molar-refractivity contribution in [3.8, 4) is 0 Å². The molecule has 2 N–H and O–H groups in total. The van der Waals surface area contributed by atoms with E-state index in [-0.39, 0.29) is 29.8 Å². The Bertz CT molecular complexity index is 570. The Labute approximate surface area is 131 Å². The first-order valence-electron chi connectivity index (χ1n) is 8.09. The van der Waals surface area contributed by atoms with Crippen molar-refractivity contribution in [1.82, 2.24) is 0 Å². The largest absolute Gasteiger partial charge is 0.466 e. The van der Waals surface area contributed by atoms with E-state index in [1.165, 1.54) is 0 Å². The van der Waals surface area contributed by atoms with Crippen LogP contribution in [-0.4, -0.2) is 29.4 Å². The Balaban J connectivity index is 2.13. The Morgan fingerprint density at radius 2 is 2.05 bits per heavy atom. The number of esters is 1. The summed E-state index contributed by atoms with van der Waals surface area (Å²) >= 11 is 0. The smallest absolute Gasteiger partial charge is 0.312 e. The van der Waals surface area contributed by atoms with Gasteiger partial charge >= 0.3 is 5.97 Å². The molecule has 2 aliphatic carbocycles. The fraction of sp³-hybridized carbons (Fsp3) is 0.611. The van der Waals surface area contributed by atoms with Gasteiger partial charge in [-0.3, -0.25) is 4.79 Å². The molecule has 4 nitrogen and oxygen atoms in total. The number of benzene rings is 1. The first-order valence-corrected chi connectivity index (χ1v) is 8.09. The normalized spacial score (nSPS) is 36.5. The average Bonchev–Trinajstić information content (AvgIpc) is 2.85. The van der Waals surface area contributed by atoms with E-state index >= 15 is 0 Å². The summed E-state index contributed by atoms with van der Waals surface area (Å²) in [6, 6.07) is 7.76. The van der Waals surface area contributed by atoms with Crippen LogP contribution in [0.15, 0.2) is 24.3 Å². The van der Waals surface area contributed by atoms with Crippen LogP contribution in [0.1, 0.15) is 49.8 Å². The summed E-state index contributed by atoms with van der Waals surface area (Å²) in [6.07, 6.45) is 0.848. The monoisotopic (exact) mass is 304 g/mol. The molecule has 4 heteroatoms. The van der Waals surface area contributed by atoms with Gasteiger partial charge in [-0.1, -0.05) is 31.2 Å². The first-order chi connectivity index (χ1) is 10.5. The summed E-state index contributed by atoms with van der Waals surface area (Å²) in [5.74, 6) is -0.665. The lowest BCUT2D eigenvalue weighted by molar-refractivity contribution is -0.161. The molecule has 1 fully saturated rings. The Hall–Kier alpha value is -1.39. The van der Waals surface area contributed by atoms with Crippen LogP contribution in [-0.2, 0) is 9.53 Å². The standard InChI is InChI=1S/C18H24O4/c1-3-22-17(21)15-16(20)13-7-5-4-6-12(13)14-11(10-19)8-9-18(14,15)2/h4-7,11,14-16,19-20H,3,8-10H2,1-2H3/t11-,14+,15+,16-,18-/m1/s1. The number of carbonyl (C=O) groups excluding carboxylic acids is 1. The molecule has 0 bridgehead atoms. The molecule has 2 aliphatic rings. The maximum atomic E-state index is 12.5. The van der Waals surface area contributed by atoms with Crippen molar-refractivity contribution < 1.29 is 19.7 Å². The summed E-state index contributed by atoms with van der Waals surface area (Å²) in [5, 5.41) is 20.6. The van der Waals surface area contributed by atoms with Crippen molar-refractivity contribution in [2.45, 2.75) is 38.7 Å². The van der Waals surface area contributed by atoms with Gasteiger partial charge in [0.1, 0.15) is 0 Å². The number of ether oxygens (including phenoxy) is 1. The van der Waals surface area contributed by atoms with Crippen molar-refractivity contribution >= 4 is 5.97 Å². The van der Waals surface area contributed by atoms with Crippen molar-refractivity contribution in [2.75, 3.05) is 13.2 Å². The van der Waals surface area contributed by atoms with Gasteiger partial charge in [0.05, 0.1) is 18.6 Å². The van der Waals surface area contributed by atoms with Crippen LogP contribution in [0.2, 0.25) is 0 Å². The zero-order chi connectivity index (χ0) is 15.9. The lowest BCUT2D eigenvalue weighted by Crippen LogP contribution is -2.45. The van der Waals surface area contributed by atoms with Gasteiger partial charge < -0.3 is 14.9 Å². The number of carbonyl (C=O) groups is 1. The Morgan fingerprint density at radius 1 is 1.36 bits per heavy atom. The fourth-order valence-corrected chi connectivity index (χ4v) is 4.75. The lowest BCUT2D eigenvalue weighted by atomic mass is 9.58. The molecule has 0 saturated heterocycles. The van der Waals surface area contributed by atoms with Gasteiger partial charge in [-0.2, -0.15) is 0 Å². The number of aliphatic hydroxyl groups is 2. The molecule has 3 rings (SSSR count). The van der Waals surface area contributed by atoms with Gasteiger partial charge in [-0.25, -0.2) is 0 Å². The highest BCUT2D eigenvalue weighted by Gasteiger charge is 2.58. The molecule has 22 heavy (non-hydrogen) atoms. The number of hydrogen-bond donors (Lipinski definition) is 2. The van der Waals surface area contributed by atoms with E-state index in [9.17, 15) is 15.0 Å². The summed E-state index contributed by atoms with van der Waals surface area (Å²) in [7, 11) is 0. The highest BCUT2D eigenvalue weighted by atomic mass is 16.5. The lowest BCUT2D eigenvalue weighted by Gasteiger charge is -2.47. The van der Waals surface area contributed by atoms with Crippen LogP contribution in [0.4, 0.5) is 0 Å². The van der Waals surface area contributed by atoms with Crippen LogP contribution in [0.3, 0.4) is 0 Å². The maximum absolute atomic E-state index is 12.5. The molecule has 0 aromatic heterocycles. The van der Waals surface area contributed by atoms with Gasteiger partial charge in [0.15, 0.2) is 0 Å². The molecular weight excluding hydrogens is 280 g/mol. The summed E-state index contributed by atoms with van der Waals surface area (Å²) in [5.41, 5.74) is 1.52. The zero-order valence-electron chi connectivity index (χ0n) is 13.2. The van der Waals surface area contributed by atoms with Crippen LogP contribution in [0.5, 0.6) is 0 Å². The first kappa shape index (κ1) is 15.5. The van der Waals surface area contributed by atoms with Crippen molar-refractivity contribution in [3.63, 3.8) is 0 Å². The highest BCUT2D eigenvalue weighted by molar-refractivity contribution is 5.76. The van der Waals surface area contributed by atoms with Crippen molar-refractivity contribution in [1.29, 1.82) is 0 Å². The molecule has 0 heterocycles. The molecule has 0 unspecified atom stereocenters. The summed E-state index contributed by atoms with van der Waals surface area (Å²) < 4.78 is 5.25. The van der Waals surface area contributed by atoms with Gasteiger partial charge in [0.25, 0.3) is 0 Å². The predicted molar refractivity (Wildman–Crippen MR) is 82.2 cm³/mol. The molecular formula is C18H24O4. The van der Waals surface area contributed by atoms with Crippen molar-refractivity contribution in [3.05, 3.63) is 35.4 Å². The zero-order valence-corrected chi connectivity index (χ0v) is 13.2. The number of fused-ring (bicyclic) bond motifs is 3. The molecule has 0 spiro atoms. The predicted octanol–water partition coefficient (Wildman–Crippen LogP) is 2.41. The van der Waals surface area contributed by atoms with Crippen LogP contribution < -0.4 is 0 Å². The quantitative estimate of drug-likeness (QED) is 0.842. The minimum absolute atomic E-state index is 0.0894. The topological polar surface area (TPSA) is 66.8 Å². The van der Waals surface area contributed by atoms with Crippen molar-refractivity contribution in [2.24, 2.45) is 17.3 Å². The molecule has 1 aromatic rings. The molecule has 1 saturated carbocycles. The van der Waals surface area contributed by atoms with Gasteiger partial charge in [0, 0.05) is 6.61 Å². The molecule has 0 amide bonds. The highest BCUT2D eigenvalue weighted by Crippen LogP contribution is 2.63. The molecule has 0 aliphatic heterocycles. The minimum Gasteiger partial charge on any atom is -0.466 e. The maximum Gasteiger partial charge on any atom is 0.312 e. The molecule has 5 atom stereocenters. The van der Waals surface area contributed by atoms with Gasteiger partial charge in [-0.15, -0.1) is 0 Å². The summed E-state index contributed by atoms with van der Waals surface area (Å²) in [4.78, 5) is 12.5. The third-order valence-electron chi connectivity index (χ3n) is 5.69. The summed E-state index contributed by atoms with van der Waals surface area (Å²) in [6.45, 7) is 4.27. The van der Waals surface area contributed by atoms with Gasteiger partial charge in [0.2, 0.25) is 0 Å².